The molecule has 226 valence electrons. The van der Waals surface area contributed by atoms with E-state index in [1.54, 1.807) is 18.2 Å². The zero-order chi connectivity index (χ0) is 30.2. The molecule has 3 aromatic rings. The van der Waals surface area contributed by atoms with E-state index in [1.165, 1.54) is 0 Å². The van der Waals surface area contributed by atoms with Crippen LogP contribution in [0.2, 0.25) is 10.0 Å². The highest BCUT2D eigenvalue weighted by Crippen LogP contribution is 2.33. The molecule has 2 aliphatic rings. The van der Waals surface area contributed by atoms with E-state index in [1.807, 2.05) is 24.6 Å². The van der Waals surface area contributed by atoms with E-state index < -0.39 is 25.0 Å². The lowest BCUT2D eigenvalue weighted by Crippen LogP contribution is -2.60. The first-order valence-electron chi connectivity index (χ1n) is 14.2. The SMILES string of the molecule is CCOc1cc2c(cc1C(=O)NC1CCC(C)CC1)nc(Cc1c(Cl)ccc(CNC(=O)N3CC(F)(F)C3)c1Cl)n2C. The Labute approximate surface area is 253 Å². The largest absolute Gasteiger partial charge is 0.493 e. The molecule has 0 radical (unpaired) electrons. The third kappa shape index (κ3) is 6.44. The number of carbonyl (C=O) groups excluding carboxylic acids is 2. The molecule has 5 rings (SSSR count). The van der Waals surface area contributed by atoms with Crippen LogP contribution >= 0.6 is 23.2 Å². The smallest absolute Gasteiger partial charge is 0.318 e. The summed E-state index contributed by atoms with van der Waals surface area (Å²) in [7, 11) is 1.87. The molecule has 2 N–H and O–H groups in total. The number of imidazole rings is 1. The second-order valence-electron chi connectivity index (χ2n) is 11.3. The summed E-state index contributed by atoms with van der Waals surface area (Å²) >= 11 is 13.3. The number of nitrogens with zero attached hydrogens (tertiary/aromatic N) is 3. The number of ether oxygens (including phenoxy) is 1. The van der Waals surface area contributed by atoms with Gasteiger partial charge in [-0.2, -0.15) is 0 Å². The van der Waals surface area contributed by atoms with Crippen molar-refractivity contribution < 1.29 is 23.1 Å². The molecule has 2 heterocycles. The van der Waals surface area contributed by atoms with Crippen LogP contribution in [0.25, 0.3) is 11.0 Å². The summed E-state index contributed by atoms with van der Waals surface area (Å²) in [5, 5.41) is 6.62. The molecule has 1 saturated heterocycles. The Hall–Kier alpha value is -3.11. The number of rotatable bonds is 8. The van der Waals surface area contributed by atoms with E-state index in [9.17, 15) is 18.4 Å². The van der Waals surface area contributed by atoms with Gasteiger partial charge in [0.1, 0.15) is 11.6 Å². The van der Waals surface area contributed by atoms with Crippen LogP contribution in [-0.4, -0.2) is 58.1 Å². The van der Waals surface area contributed by atoms with Gasteiger partial charge in [-0.3, -0.25) is 4.79 Å². The fraction of sp³-hybridized carbons (Fsp3) is 0.500. The van der Waals surface area contributed by atoms with Gasteiger partial charge in [0.15, 0.2) is 0 Å². The van der Waals surface area contributed by atoms with Gasteiger partial charge in [0.05, 0.1) is 41.3 Å². The lowest BCUT2D eigenvalue weighted by atomic mass is 9.87. The normalized spacial score (nSPS) is 19.8. The number of fused-ring (bicyclic) bond motifs is 1. The zero-order valence-corrected chi connectivity index (χ0v) is 25.4. The van der Waals surface area contributed by atoms with Crippen molar-refractivity contribution in [2.24, 2.45) is 13.0 Å². The third-order valence-corrected chi connectivity index (χ3v) is 8.96. The Bertz CT molecular complexity index is 1500. The van der Waals surface area contributed by atoms with E-state index in [-0.39, 0.29) is 24.9 Å². The Balaban J connectivity index is 1.36. The van der Waals surface area contributed by atoms with Gasteiger partial charge < -0.3 is 24.8 Å². The van der Waals surface area contributed by atoms with Gasteiger partial charge in [-0.05, 0) is 61.8 Å². The molecule has 42 heavy (non-hydrogen) atoms. The summed E-state index contributed by atoms with van der Waals surface area (Å²) in [5.41, 5.74) is 3.10. The summed E-state index contributed by atoms with van der Waals surface area (Å²) in [4.78, 5) is 31.4. The second-order valence-corrected chi connectivity index (χ2v) is 12.1. The Kier molecular flexibility index (Phi) is 8.85. The Morgan fingerprint density at radius 2 is 1.86 bits per heavy atom. The number of hydrogen-bond donors (Lipinski definition) is 2. The van der Waals surface area contributed by atoms with Crippen LogP contribution in [0.15, 0.2) is 24.3 Å². The number of urea groups is 1. The minimum atomic E-state index is -2.84. The quantitative estimate of drug-likeness (QED) is 0.307. The standard InChI is InChI=1S/C30H35Cl2F2N5O3/c1-4-42-25-13-24-23(11-21(25)28(40)36-19-8-5-17(2)6-9-19)37-26(38(24)3)12-20-22(31)10-7-18(27(20)32)14-35-29(41)39-15-30(33,34)16-39/h7,10-11,13,17,19H,4-6,8-9,12,14-16H2,1-3H3,(H,35,41)(H,36,40). The maximum Gasteiger partial charge on any atom is 0.318 e. The molecule has 8 nitrogen and oxygen atoms in total. The van der Waals surface area contributed by atoms with Crippen molar-refractivity contribution in [3.8, 4) is 5.75 Å². The van der Waals surface area contributed by atoms with Gasteiger partial charge in [-0.25, -0.2) is 18.6 Å². The second kappa shape index (κ2) is 12.2. The molecule has 1 aromatic heterocycles. The lowest BCUT2D eigenvalue weighted by Gasteiger charge is -2.38. The maximum atomic E-state index is 13.3. The minimum Gasteiger partial charge on any atom is -0.493 e. The van der Waals surface area contributed by atoms with Gasteiger partial charge in [0.2, 0.25) is 0 Å². The summed E-state index contributed by atoms with van der Waals surface area (Å²) in [6, 6.07) is 6.55. The van der Waals surface area contributed by atoms with Crippen molar-refractivity contribution in [2.75, 3.05) is 19.7 Å². The van der Waals surface area contributed by atoms with Crippen LogP contribution in [0.4, 0.5) is 13.6 Å². The molecule has 0 bridgehead atoms. The molecular formula is C30H35Cl2F2N5O3. The molecule has 2 fully saturated rings. The van der Waals surface area contributed by atoms with Gasteiger partial charge in [0, 0.05) is 37.1 Å². The lowest BCUT2D eigenvalue weighted by molar-refractivity contribution is -0.109. The minimum absolute atomic E-state index is 0.0581. The third-order valence-electron chi connectivity index (χ3n) is 8.13. The molecule has 1 saturated carbocycles. The zero-order valence-electron chi connectivity index (χ0n) is 23.9. The number of benzene rings is 2. The van der Waals surface area contributed by atoms with Gasteiger partial charge in [-0.15, -0.1) is 0 Å². The summed E-state index contributed by atoms with van der Waals surface area (Å²) < 4.78 is 34.0. The maximum absolute atomic E-state index is 13.3. The predicted octanol–water partition coefficient (Wildman–Crippen LogP) is 6.34. The number of aryl methyl sites for hydroxylation is 1. The van der Waals surface area contributed by atoms with E-state index in [0.29, 0.717) is 56.4 Å². The van der Waals surface area contributed by atoms with Crippen LogP contribution in [0, 0.1) is 5.92 Å². The molecule has 0 unspecified atom stereocenters. The van der Waals surface area contributed by atoms with Gasteiger partial charge in [-0.1, -0.05) is 36.2 Å². The predicted molar refractivity (Wildman–Crippen MR) is 159 cm³/mol. The van der Waals surface area contributed by atoms with Crippen LogP contribution in [-0.2, 0) is 20.0 Å². The average molecular weight is 623 g/mol. The van der Waals surface area contributed by atoms with E-state index in [4.69, 9.17) is 32.9 Å². The topological polar surface area (TPSA) is 88.5 Å². The number of nitrogens with one attached hydrogen (secondary N) is 2. The average Bonchev–Trinajstić information content (AvgIpc) is 3.24. The van der Waals surface area contributed by atoms with Crippen molar-refractivity contribution in [1.29, 1.82) is 0 Å². The number of aromatic nitrogens is 2. The highest BCUT2D eigenvalue weighted by Gasteiger charge is 2.46. The van der Waals surface area contributed by atoms with Gasteiger partial charge >= 0.3 is 6.03 Å². The number of likely N-dealkylation sites (tertiary alicyclic amines) is 1. The number of hydrogen-bond acceptors (Lipinski definition) is 4. The van der Waals surface area contributed by atoms with Crippen molar-refractivity contribution in [3.63, 3.8) is 0 Å². The van der Waals surface area contributed by atoms with E-state index >= 15 is 0 Å². The van der Waals surface area contributed by atoms with E-state index in [2.05, 4.69) is 17.6 Å². The highest BCUT2D eigenvalue weighted by atomic mass is 35.5. The molecule has 3 amide bonds. The molecule has 0 spiro atoms. The number of alkyl halides is 2. The fourth-order valence-electron chi connectivity index (χ4n) is 5.59. The molecule has 12 heteroatoms. The Morgan fingerprint density at radius 3 is 2.52 bits per heavy atom. The monoisotopic (exact) mass is 621 g/mol. The molecule has 1 aliphatic heterocycles. The van der Waals surface area contributed by atoms with Crippen LogP contribution in [0.3, 0.4) is 0 Å². The van der Waals surface area contributed by atoms with Gasteiger partial charge in [0.25, 0.3) is 11.8 Å². The summed E-state index contributed by atoms with van der Waals surface area (Å²) in [6.07, 6.45) is 4.41. The van der Waals surface area contributed by atoms with Crippen molar-refractivity contribution in [1.82, 2.24) is 25.1 Å². The first kappa shape index (κ1) is 30.4. The molecule has 1 aliphatic carbocycles. The summed E-state index contributed by atoms with van der Waals surface area (Å²) in [6.45, 7) is 3.39. The molecule has 0 atom stereocenters. The van der Waals surface area contributed by atoms with Crippen molar-refractivity contribution in [2.45, 2.75) is 64.5 Å². The first-order valence-corrected chi connectivity index (χ1v) is 15.0. The van der Waals surface area contributed by atoms with Crippen molar-refractivity contribution in [3.05, 3.63) is 56.8 Å². The van der Waals surface area contributed by atoms with Crippen LogP contribution < -0.4 is 15.4 Å². The van der Waals surface area contributed by atoms with E-state index in [0.717, 1.165) is 36.1 Å². The number of carbonyl (C=O) groups is 2. The first-order chi connectivity index (χ1) is 20.0. The molecule has 2 aromatic carbocycles. The fourth-order valence-corrected chi connectivity index (χ4v) is 6.16. The highest BCUT2D eigenvalue weighted by molar-refractivity contribution is 6.36. The van der Waals surface area contributed by atoms with Crippen LogP contribution in [0.1, 0.15) is 66.8 Å². The molecular weight excluding hydrogens is 587 g/mol. The van der Waals surface area contributed by atoms with Crippen molar-refractivity contribution >= 4 is 46.2 Å². The number of amides is 3. The number of halogens is 4. The Morgan fingerprint density at radius 1 is 1.14 bits per heavy atom. The summed E-state index contributed by atoms with van der Waals surface area (Å²) in [5.74, 6) is -1.16. The van der Waals surface area contributed by atoms with Crippen LogP contribution in [0.5, 0.6) is 5.75 Å².